The van der Waals surface area contributed by atoms with E-state index in [9.17, 15) is 0 Å². The molecule has 31 heavy (non-hydrogen) atoms. The van der Waals surface area contributed by atoms with Gasteiger partial charge < -0.3 is 0 Å². The number of hydrogen-bond donors (Lipinski definition) is 0. The molecule has 0 fully saturated rings. The van der Waals surface area contributed by atoms with Crippen LogP contribution >= 0.6 is 0 Å². The van der Waals surface area contributed by atoms with Gasteiger partial charge in [0.25, 0.3) is 0 Å². The summed E-state index contributed by atoms with van der Waals surface area (Å²) < 4.78 is 2.43. The van der Waals surface area contributed by atoms with Crippen LogP contribution in [0, 0.1) is 0 Å². The van der Waals surface area contributed by atoms with E-state index >= 15 is 0 Å². The molecule has 0 atom stereocenters. The summed E-state index contributed by atoms with van der Waals surface area (Å²) in [6, 6.07) is 30.3. The molecule has 4 aromatic carbocycles. The van der Waals surface area contributed by atoms with Crippen molar-refractivity contribution >= 4 is 21.8 Å². The van der Waals surface area contributed by atoms with Crippen molar-refractivity contribution in [1.82, 2.24) is 9.55 Å². The molecule has 0 N–H and O–H groups in total. The fourth-order valence-electron chi connectivity index (χ4n) is 4.61. The first-order chi connectivity index (χ1) is 15.1. The van der Waals surface area contributed by atoms with E-state index in [-0.39, 0.29) is 0 Å². The van der Waals surface area contributed by atoms with Crippen LogP contribution in [0.1, 0.15) is 50.7 Å². The molecule has 0 saturated carbocycles. The molecule has 1 aromatic heterocycles. The van der Waals surface area contributed by atoms with Gasteiger partial charge in [-0.2, -0.15) is 0 Å². The van der Waals surface area contributed by atoms with Gasteiger partial charge in [-0.25, -0.2) is 4.98 Å². The normalized spacial score (nSPS) is 11.8. The molecule has 0 unspecified atom stereocenters. The van der Waals surface area contributed by atoms with Crippen molar-refractivity contribution in [1.29, 1.82) is 0 Å². The Morgan fingerprint density at radius 3 is 1.97 bits per heavy atom. The van der Waals surface area contributed by atoms with Gasteiger partial charge in [-0.3, -0.25) is 4.57 Å². The van der Waals surface area contributed by atoms with Crippen molar-refractivity contribution in [2.24, 2.45) is 0 Å². The molecular formula is C29H28N2. The molecule has 5 aromatic rings. The number of hydrogen-bond acceptors (Lipinski definition) is 1. The highest BCUT2D eigenvalue weighted by molar-refractivity contribution is 6.06. The lowest BCUT2D eigenvalue weighted by atomic mass is 9.92. The molecule has 2 heteroatoms. The van der Waals surface area contributed by atoms with Gasteiger partial charge in [-0.1, -0.05) is 107 Å². The minimum absolute atomic E-state index is 0.407. The Bertz CT molecular complexity index is 1350. The van der Waals surface area contributed by atoms with Crippen molar-refractivity contribution in [3.8, 4) is 17.1 Å². The van der Waals surface area contributed by atoms with Crippen LogP contribution in [0.15, 0.2) is 84.9 Å². The van der Waals surface area contributed by atoms with E-state index in [1.807, 2.05) is 0 Å². The highest BCUT2D eigenvalue weighted by atomic mass is 15.1. The third-order valence-corrected chi connectivity index (χ3v) is 6.14. The maximum absolute atomic E-state index is 5.17. The van der Waals surface area contributed by atoms with Gasteiger partial charge in [0.1, 0.15) is 5.82 Å². The average Bonchev–Trinajstić information content (AvgIpc) is 3.19. The van der Waals surface area contributed by atoms with Crippen molar-refractivity contribution in [3.63, 3.8) is 0 Å². The van der Waals surface area contributed by atoms with Crippen molar-refractivity contribution in [2.75, 3.05) is 0 Å². The third-order valence-electron chi connectivity index (χ3n) is 6.14. The van der Waals surface area contributed by atoms with Gasteiger partial charge in [0, 0.05) is 10.9 Å². The Morgan fingerprint density at radius 1 is 0.645 bits per heavy atom. The first kappa shape index (κ1) is 19.6. The summed E-state index contributed by atoms with van der Waals surface area (Å²) in [6.07, 6.45) is 0. The van der Waals surface area contributed by atoms with Crippen LogP contribution in [0.4, 0.5) is 0 Å². The van der Waals surface area contributed by atoms with Gasteiger partial charge in [0.2, 0.25) is 0 Å². The Kier molecular flexibility index (Phi) is 4.86. The van der Waals surface area contributed by atoms with E-state index in [4.69, 9.17) is 4.98 Å². The zero-order chi connectivity index (χ0) is 21.5. The number of rotatable bonds is 4. The van der Waals surface area contributed by atoms with Crippen LogP contribution in [0.3, 0.4) is 0 Å². The van der Waals surface area contributed by atoms with Crippen LogP contribution in [0.5, 0.6) is 0 Å². The average molecular weight is 405 g/mol. The molecule has 5 rings (SSSR count). The van der Waals surface area contributed by atoms with Crippen molar-refractivity contribution in [2.45, 2.75) is 39.5 Å². The van der Waals surface area contributed by atoms with Crippen LogP contribution in [-0.2, 0) is 0 Å². The summed E-state index contributed by atoms with van der Waals surface area (Å²) in [6.45, 7) is 9.12. The Balaban J connectivity index is 2.01. The Hall–Kier alpha value is -3.39. The fourth-order valence-corrected chi connectivity index (χ4v) is 4.61. The molecule has 0 amide bonds. The largest absolute Gasteiger partial charge is 0.291 e. The number of nitrogens with zero attached hydrogens (tertiary/aromatic N) is 2. The second-order valence-corrected chi connectivity index (χ2v) is 8.89. The minimum Gasteiger partial charge on any atom is -0.291 e. The van der Waals surface area contributed by atoms with E-state index < -0.39 is 0 Å². The Morgan fingerprint density at radius 2 is 1.29 bits per heavy atom. The second-order valence-electron chi connectivity index (χ2n) is 8.89. The monoisotopic (exact) mass is 404 g/mol. The number of para-hydroxylation sites is 1. The highest BCUT2D eigenvalue weighted by Gasteiger charge is 2.22. The van der Waals surface area contributed by atoms with Crippen LogP contribution < -0.4 is 0 Å². The van der Waals surface area contributed by atoms with E-state index in [0.29, 0.717) is 11.8 Å². The molecule has 0 radical (unpaired) electrons. The standard InChI is InChI=1S/C29H28N2/c1-19(2)23-15-10-16-24(20(3)4)27(23)31-28-25-14-9-8-11-21(25)17-18-26(28)30-29(31)22-12-6-5-7-13-22/h5-20H,1-4H3. The smallest absolute Gasteiger partial charge is 0.145 e. The summed E-state index contributed by atoms with van der Waals surface area (Å²) in [4.78, 5) is 5.17. The maximum Gasteiger partial charge on any atom is 0.145 e. The zero-order valence-corrected chi connectivity index (χ0v) is 18.6. The lowest BCUT2D eigenvalue weighted by molar-refractivity contribution is 0.811. The number of benzene rings is 4. The van der Waals surface area contributed by atoms with E-state index in [0.717, 1.165) is 16.9 Å². The summed E-state index contributed by atoms with van der Waals surface area (Å²) in [5, 5.41) is 2.48. The topological polar surface area (TPSA) is 17.8 Å². The van der Waals surface area contributed by atoms with Gasteiger partial charge in [0.05, 0.1) is 16.7 Å². The predicted molar refractivity (Wildman–Crippen MR) is 132 cm³/mol. The molecule has 1 heterocycles. The summed E-state index contributed by atoms with van der Waals surface area (Å²) >= 11 is 0. The summed E-state index contributed by atoms with van der Waals surface area (Å²) in [7, 11) is 0. The first-order valence-electron chi connectivity index (χ1n) is 11.1. The van der Waals surface area contributed by atoms with Crippen LogP contribution in [-0.4, -0.2) is 9.55 Å². The quantitative estimate of drug-likeness (QED) is 0.296. The zero-order valence-electron chi connectivity index (χ0n) is 18.6. The van der Waals surface area contributed by atoms with Crippen molar-refractivity contribution < 1.29 is 0 Å². The molecular weight excluding hydrogens is 376 g/mol. The summed E-state index contributed by atoms with van der Waals surface area (Å²) in [5.41, 5.74) is 7.35. The maximum atomic E-state index is 5.17. The van der Waals surface area contributed by atoms with E-state index in [1.54, 1.807) is 0 Å². The van der Waals surface area contributed by atoms with Gasteiger partial charge in [-0.05, 0) is 34.4 Å². The molecule has 0 saturated heterocycles. The molecule has 0 spiro atoms. The molecule has 0 aliphatic heterocycles. The lowest BCUT2D eigenvalue weighted by Crippen LogP contribution is -2.08. The number of aromatic nitrogens is 2. The number of fused-ring (bicyclic) bond motifs is 3. The van der Waals surface area contributed by atoms with E-state index in [1.165, 1.54) is 33.1 Å². The molecule has 2 nitrogen and oxygen atoms in total. The van der Waals surface area contributed by atoms with Crippen molar-refractivity contribution in [3.05, 3.63) is 96.1 Å². The van der Waals surface area contributed by atoms with E-state index in [2.05, 4.69) is 117 Å². The SMILES string of the molecule is CC(C)c1cccc(C(C)C)c1-n1c(-c2ccccc2)nc2ccc3ccccc3c21. The van der Waals surface area contributed by atoms with Gasteiger partial charge >= 0.3 is 0 Å². The first-order valence-corrected chi connectivity index (χ1v) is 11.1. The third kappa shape index (κ3) is 3.23. The fraction of sp³-hybridized carbons (Fsp3) is 0.207. The number of imidazole rings is 1. The lowest BCUT2D eigenvalue weighted by Gasteiger charge is -2.23. The molecule has 0 aliphatic carbocycles. The summed E-state index contributed by atoms with van der Waals surface area (Å²) in [5.74, 6) is 1.82. The molecule has 154 valence electrons. The minimum atomic E-state index is 0.407. The highest BCUT2D eigenvalue weighted by Crippen LogP contribution is 2.39. The molecule has 0 bridgehead atoms. The predicted octanol–water partition coefficient (Wildman–Crippen LogP) is 8.09. The van der Waals surface area contributed by atoms with Crippen LogP contribution in [0.25, 0.3) is 38.9 Å². The molecule has 0 aliphatic rings. The van der Waals surface area contributed by atoms with Gasteiger partial charge in [0.15, 0.2) is 0 Å². The van der Waals surface area contributed by atoms with Crippen LogP contribution in [0.2, 0.25) is 0 Å². The van der Waals surface area contributed by atoms with Gasteiger partial charge in [-0.15, -0.1) is 0 Å². The Labute approximate surface area is 184 Å². The second kappa shape index (κ2) is 7.70.